The molecule has 0 N–H and O–H groups in total. The summed E-state index contributed by atoms with van der Waals surface area (Å²) >= 11 is 0. The Morgan fingerprint density at radius 3 is 1.26 bits per heavy atom. The van der Waals surface area contributed by atoms with Crippen LogP contribution in [0.3, 0.4) is 0 Å². The van der Waals surface area contributed by atoms with E-state index in [4.69, 9.17) is 0 Å². The topological polar surface area (TPSA) is 0 Å². The molecule has 0 unspecified atom stereocenters. The van der Waals surface area contributed by atoms with Gasteiger partial charge < -0.3 is 0 Å². The van der Waals surface area contributed by atoms with Crippen LogP contribution in [0.25, 0.3) is 0 Å². The molecule has 19 heavy (non-hydrogen) atoms. The van der Waals surface area contributed by atoms with Crippen molar-refractivity contribution in [2.24, 2.45) is 21.7 Å². The summed E-state index contributed by atoms with van der Waals surface area (Å²) in [7, 11) is 0. The van der Waals surface area contributed by atoms with Crippen molar-refractivity contribution >= 4 is 0 Å². The highest BCUT2D eigenvalue weighted by Gasteiger charge is 2.52. The van der Waals surface area contributed by atoms with Crippen LogP contribution in [0.4, 0.5) is 0 Å². The van der Waals surface area contributed by atoms with Gasteiger partial charge in [0.2, 0.25) is 0 Å². The average molecular weight is 264 g/mol. The molecule has 0 aliphatic carbocycles. The van der Waals surface area contributed by atoms with Gasteiger partial charge in [-0.05, 0) is 35.5 Å². The Kier molecular flexibility index (Phi) is 6.69. The van der Waals surface area contributed by atoms with Crippen molar-refractivity contribution in [3.05, 3.63) is 12.2 Å². The monoisotopic (exact) mass is 264 g/mol. The van der Waals surface area contributed by atoms with Gasteiger partial charge in [-0.2, -0.15) is 0 Å². The number of hydrogen-bond acceptors (Lipinski definition) is 0. The Hall–Kier alpha value is -0.700. The van der Waals surface area contributed by atoms with Gasteiger partial charge in [-0.1, -0.05) is 74.5 Å². The van der Waals surface area contributed by atoms with Crippen LogP contribution >= 0.6 is 0 Å². The zero-order chi connectivity index (χ0) is 16.3. The molecule has 0 aromatic heterocycles. The quantitative estimate of drug-likeness (QED) is 0.413. The van der Waals surface area contributed by atoms with Crippen LogP contribution in [0.5, 0.6) is 0 Å². The molecule has 0 rings (SSSR count). The predicted octanol–water partition coefficient (Wildman–Crippen LogP) is 6.33. The van der Waals surface area contributed by atoms with E-state index in [0.29, 0.717) is 0 Å². The Bertz CT molecular complexity index is 337. The molecule has 0 aliphatic rings. The summed E-state index contributed by atoms with van der Waals surface area (Å²) in [6, 6.07) is 0. The average Bonchev–Trinajstić information content (AvgIpc) is 2.16. The molecule has 0 amide bonds. The number of terminal acetylenes is 1. The first-order chi connectivity index (χ1) is 8.11. The van der Waals surface area contributed by atoms with E-state index in [0.717, 1.165) is 0 Å². The second-order valence-electron chi connectivity index (χ2n) is 8.19. The number of hydrogen-bond donors (Lipinski definition) is 0. The standard InChI is InChI=1S/C16H32.C3H4/c1-12(2)14(6,7)16(10,11)15(8,9)13(3,4)5;1-3-2/h1H2,2-11H3;1H,2H3. The highest BCUT2D eigenvalue weighted by Crippen LogP contribution is 2.60. The molecule has 0 aliphatic heterocycles. The molecule has 0 aromatic rings. The molecule has 0 saturated carbocycles. The first kappa shape index (κ1) is 20.6. The normalized spacial score (nSPS) is 13.2. The van der Waals surface area contributed by atoms with Crippen molar-refractivity contribution in [3.8, 4) is 12.3 Å². The second-order valence-corrected chi connectivity index (χ2v) is 8.19. The van der Waals surface area contributed by atoms with E-state index in [1.807, 2.05) is 0 Å². The fraction of sp³-hybridized carbons (Fsp3) is 0.789. The van der Waals surface area contributed by atoms with Crippen LogP contribution in [-0.4, -0.2) is 0 Å². The van der Waals surface area contributed by atoms with E-state index in [2.05, 4.69) is 88.2 Å². The zero-order valence-electron chi connectivity index (χ0n) is 15.3. The van der Waals surface area contributed by atoms with Crippen molar-refractivity contribution in [3.63, 3.8) is 0 Å². The molecule has 0 radical (unpaired) electrons. The van der Waals surface area contributed by atoms with Gasteiger partial charge in [0.15, 0.2) is 0 Å². The Labute approximate surface area is 123 Å². The maximum absolute atomic E-state index is 4.60. The van der Waals surface area contributed by atoms with Crippen molar-refractivity contribution < 1.29 is 0 Å². The molecule has 112 valence electrons. The molecule has 0 heteroatoms. The second kappa shape index (κ2) is 6.17. The van der Waals surface area contributed by atoms with Crippen LogP contribution in [0.1, 0.15) is 76.2 Å². The van der Waals surface area contributed by atoms with Gasteiger partial charge in [-0.3, -0.25) is 0 Å². The highest BCUT2D eigenvalue weighted by molar-refractivity contribution is 5.14. The summed E-state index contributed by atoms with van der Waals surface area (Å²) in [6.07, 6.45) is 4.60. The third-order valence-electron chi connectivity index (χ3n) is 6.07. The maximum atomic E-state index is 4.60. The first-order valence-electron chi connectivity index (χ1n) is 7.14. The summed E-state index contributed by atoms with van der Waals surface area (Å²) in [5.41, 5.74) is 2.13. The van der Waals surface area contributed by atoms with Crippen molar-refractivity contribution in [2.75, 3.05) is 0 Å². The minimum atomic E-state index is 0.143. The van der Waals surface area contributed by atoms with Gasteiger partial charge in [0.05, 0.1) is 0 Å². The van der Waals surface area contributed by atoms with Crippen LogP contribution in [0.15, 0.2) is 12.2 Å². The molecule has 0 bridgehead atoms. The van der Waals surface area contributed by atoms with Gasteiger partial charge in [-0.15, -0.1) is 12.3 Å². The molecule has 0 fully saturated rings. The predicted molar refractivity (Wildman–Crippen MR) is 90.1 cm³/mol. The van der Waals surface area contributed by atoms with Crippen molar-refractivity contribution in [1.82, 2.24) is 0 Å². The lowest BCUT2D eigenvalue weighted by Gasteiger charge is -2.58. The number of rotatable bonds is 3. The van der Waals surface area contributed by atoms with Gasteiger partial charge in [0, 0.05) is 0 Å². The summed E-state index contributed by atoms with van der Waals surface area (Å²) in [4.78, 5) is 0. The van der Waals surface area contributed by atoms with E-state index in [1.165, 1.54) is 5.57 Å². The number of allylic oxidation sites excluding steroid dienone is 1. The van der Waals surface area contributed by atoms with Crippen LogP contribution in [0, 0.1) is 34.0 Å². The summed E-state index contributed by atoms with van der Waals surface area (Å²) in [5.74, 6) is 2.25. The van der Waals surface area contributed by atoms with Crippen LogP contribution < -0.4 is 0 Å². The molecule has 0 spiro atoms. The van der Waals surface area contributed by atoms with Gasteiger partial charge in [-0.25, -0.2) is 0 Å². The minimum absolute atomic E-state index is 0.143. The van der Waals surface area contributed by atoms with Crippen LogP contribution in [-0.2, 0) is 0 Å². The smallest absolute Gasteiger partial charge is 0.00297 e. The first-order valence-corrected chi connectivity index (χ1v) is 7.14. The third kappa shape index (κ3) is 3.88. The molecule has 0 nitrogen and oxygen atoms in total. The Balaban J connectivity index is 0. The highest BCUT2D eigenvalue weighted by atomic mass is 14.6. The SMILES string of the molecule is C#CC.C=C(C)C(C)(C)C(C)(C)C(C)(C)C(C)(C)C. The van der Waals surface area contributed by atoms with Crippen molar-refractivity contribution in [1.29, 1.82) is 0 Å². The van der Waals surface area contributed by atoms with E-state index < -0.39 is 0 Å². The maximum Gasteiger partial charge on any atom is -0.00297 e. The van der Waals surface area contributed by atoms with E-state index in [1.54, 1.807) is 6.92 Å². The van der Waals surface area contributed by atoms with Crippen molar-refractivity contribution in [2.45, 2.75) is 76.2 Å². The minimum Gasteiger partial charge on any atom is -0.120 e. The third-order valence-corrected chi connectivity index (χ3v) is 6.07. The zero-order valence-corrected chi connectivity index (χ0v) is 15.3. The lowest BCUT2D eigenvalue weighted by atomic mass is 9.46. The van der Waals surface area contributed by atoms with Gasteiger partial charge in [0.1, 0.15) is 0 Å². The summed E-state index contributed by atoms with van der Waals surface area (Å²) in [6.45, 7) is 29.2. The molecule has 0 saturated heterocycles. The molecule has 0 atom stereocenters. The molecule has 0 aromatic carbocycles. The molecule has 0 heterocycles. The lowest BCUT2D eigenvalue weighted by molar-refractivity contribution is -0.0713. The Morgan fingerprint density at radius 1 is 0.842 bits per heavy atom. The fourth-order valence-electron chi connectivity index (χ4n) is 2.25. The molecular weight excluding hydrogens is 228 g/mol. The molecular formula is C19H36. The van der Waals surface area contributed by atoms with E-state index in [9.17, 15) is 0 Å². The van der Waals surface area contributed by atoms with Gasteiger partial charge >= 0.3 is 0 Å². The summed E-state index contributed by atoms with van der Waals surface area (Å²) < 4.78 is 0. The van der Waals surface area contributed by atoms with E-state index >= 15 is 0 Å². The Morgan fingerprint density at radius 2 is 1.11 bits per heavy atom. The van der Waals surface area contributed by atoms with E-state index in [-0.39, 0.29) is 21.7 Å². The largest absolute Gasteiger partial charge is 0.120 e. The fourth-order valence-corrected chi connectivity index (χ4v) is 2.25. The van der Waals surface area contributed by atoms with Crippen LogP contribution in [0.2, 0.25) is 0 Å². The summed E-state index contributed by atoms with van der Waals surface area (Å²) in [5, 5.41) is 0. The van der Waals surface area contributed by atoms with Gasteiger partial charge in [0.25, 0.3) is 0 Å². The lowest BCUT2D eigenvalue weighted by Crippen LogP contribution is -2.51.